The second kappa shape index (κ2) is 3.64. The lowest BCUT2D eigenvalue weighted by atomic mass is 10.3. The van der Waals surface area contributed by atoms with E-state index < -0.39 is 0 Å². The van der Waals surface area contributed by atoms with Crippen LogP contribution in [0.4, 0.5) is 0 Å². The van der Waals surface area contributed by atoms with Gasteiger partial charge in [0.05, 0.1) is 18.2 Å². The van der Waals surface area contributed by atoms with E-state index in [0.29, 0.717) is 5.69 Å². The van der Waals surface area contributed by atoms with Gasteiger partial charge in [0.15, 0.2) is 0 Å². The number of thiazole rings is 1. The quantitative estimate of drug-likeness (QED) is 0.705. The maximum absolute atomic E-state index is 10.5. The zero-order chi connectivity index (χ0) is 9.14. The maximum Gasteiger partial charge on any atom is 0.223 e. The number of aromatic nitrogens is 1. The zero-order valence-corrected chi connectivity index (χ0v) is 7.60. The fourth-order valence-electron chi connectivity index (χ4n) is 0.791. The molecule has 0 saturated heterocycles. The summed E-state index contributed by atoms with van der Waals surface area (Å²) in [7, 11) is 0. The van der Waals surface area contributed by atoms with E-state index in [1.807, 2.05) is 12.3 Å². The summed E-state index contributed by atoms with van der Waals surface area (Å²) in [4.78, 5) is 14.6. The van der Waals surface area contributed by atoms with Crippen molar-refractivity contribution >= 4 is 17.2 Å². The highest BCUT2D eigenvalue weighted by molar-refractivity contribution is 7.09. The molecule has 0 bridgehead atoms. The van der Waals surface area contributed by atoms with Crippen molar-refractivity contribution in [3.63, 3.8) is 0 Å². The lowest BCUT2D eigenvalue weighted by Crippen LogP contribution is -2.14. The van der Waals surface area contributed by atoms with E-state index in [2.05, 4.69) is 4.98 Å². The minimum Gasteiger partial charge on any atom is -0.369 e. The first-order valence-corrected chi connectivity index (χ1v) is 4.45. The molecule has 0 spiro atoms. The van der Waals surface area contributed by atoms with Crippen molar-refractivity contribution < 1.29 is 4.79 Å². The van der Waals surface area contributed by atoms with Crippen LogP contribution in [0.15, 0.2) is 5.38 Å². The van der Waals surface area contributed by atoms with Crippen LogP contribution in [0.1, 0.15) is 23.7 Å². The van der Waals surface area contributed by atoms with Crippen molar-refractivity contribution in [3.05, 3.63) is 16.1 Å². The molecular formula is C7H11N3OS. The van der Waals surface area contributed by atoms with Crippen molar-refractivity contribution in [2.75, 3.05) is 0 Å². The fourth-order valence-corrected chi connectivity index (χ4v) is 1.57. The Bertz CT molecular complexity index is 282. The predicted octanol–water partition coefficient (Wildman–Crippen LogP) is 0.191. The molecule has 0 radical (unpaired) electrons. The molecule has 4 nitrogen and oxygen atoms in total. The molecule has 1 amide bonds. The van der Waals surface area contributed by atoms with Crippen LogP contribution in [-0.2, 0) is 11.2 Å². The summed E-state index contributed by atoms with van der Waals surface area (Å²) in [5.74, 6) is -0.364. The SMILES string of the molecule is CC(N)c1nc(CC(N)=O)cs1. The fraction of sp³-hybridized carbons (Fsp3) is 0.429. The molecule has 66 valence electrons. The molecule has 1 aromatic heterocycles. The van der Waals surface area contributed by atoms with Gasteiger partial charge in [0.25, 0.3) is 0 Å². The van der Waals surface area contributed by atoms with Crippen molar-refractivity contribution in [2.45, 2.75) is 19.4 Å². The number of amides is 1. The Morgan fingerprint density at radius 1 is 1.83 bits per heavy atom. The summed E-state index contributed by atoms with van der Waals surface area (Å²) in [6, 6.07) is -0.0726. The Morgan fingerprint density at radius 3 is 2.92 bits per heavy atom. The molecule has 1 aromatic rings. The topological polar surface area (TPSA) is 82.0 Å². The third kappa shape index (κ3) is 2.28. The van der Waals surface area contributed by atoms with Crippen LogP contribution >= 0.6 is 11.3 Å². The summed E-state index contributed by atoms with van der Waals surface area (Å²) in [6.45, 7) is 1.85. The normalized spacial score (nSPS) is 12.8. The number of rotatable bonds is 3. The molecule has 0 aliphatic heterocycles. The number of nitrogens with two attached hydrogens (primary N) is 2. The van der Waals surface area contributed by atoms with Crippen molar-refractivity contribution in [3.8, 4) is 0 Å². The average molecular weight is 185 g/mol. The Labute approximate surface area is 74.6 Å². The van der Waals surface area contributed by atoms with Gasteiger partial charge in [-0.3, -0.25) is 4.79 Å². The van der Waals surface area contributed by atoms with Crippen LogP contribution in [0.2, 0.25) is 0 Å². The summed E-state index contributed by atoms with van der Waals surface area (Å²) >= 11 is 1.46. The molecule has 0 aromatic carbocycles. The lowest BCUT2D eigenvalue weighted by molar-refractivity contribution is -0.117. The van der Waals surface area contributed by atoms with E-state index in [1.54, 1.807) is 0 Å². The molecule has 1 unspecified atom stereocenters. The maximum atomic E-state index is 10.5. The first-order chi connectivity index (χ1) is 5.59. The molecule has 0 aliphatic carbocycles. The van der Waals surface area contributed by atoms with E-state index in [-0.39, 0.29) is 18.4 Å². The summed E-state index contributed by atoms with van der Waals surface area (Å²) < 4.78 is 0. The largest absolute Gasteiger partial charge is 0.369 e. The van der Waals surface area contributed by atoms with Crippen molar-refractivity contribution in [1.29, 1.82) is 0 Å². The number of primary amides is 1. The van der Waals surface area contributed by atoms with Gasteiger partial charge in [-0.25, -0.2) is 4.98 Å². The Hall–Kier alpha value is -0.940. The van der Waals surface area contributed by atoms with Crippen LogP contribution in [-0.4, -0.2) is 10.9 Å². The Morgan fingerprint density at radius 2 is 2.50 bits per heavy atom. The molecule has 12 heavy (non-hydrogen) atoms. The Balaban J connectivity index is 2.70. The highest BCUT2D eigenvalue weighted by Crippen LogP contribution is 2.15. The van der Waals surface area contributed by atoms with E-state index >= 15 is 0 Å². The number of carbonyl (C=O) groups is 1. The van der Waals surface area contributed by atoms with E-state index in [4.69, 9.17) is 11.5 Å². The molecule has 4 N–H and O–H groups in total. The minimum absolute atomic E-state index is 0.0726. The first-order valence-electron chi connectivity index (χ1n) is 3.57. The molecule has 0 aliphatic rings. The second-order valence-electron chi connectivity index (χ2n) is 2.61. The smallest absolute Gasteiger partial charge is 0.223 e. The zero-order valence-electron chi connectivity index (χ0n) is 6.78. The van der Waals surface area contributed by atoms with Crippen LogP contribution in [0.3, 0.4) is 0 Å². The third-order valence-electron chi connectivity index (χ3n) is 1.31. The molecule has 5 heteroatoms. The molecule has 1 rings (SSSR count). The molecule has 0 fully saturated rings. The van der Waals surface area contributed by atoms with Gasteiger partial charge >= 0.3 is 0 Å². The van der Waals surface area contributed by atoms with Crippen molar-refractivity contribution in [2.24, 2.45) is 11.5 Å². The van der Waals surface area contributed by atoms with Gasteiger partial charge < -0.3 is 11.5 Å². The van der Waals surface area contributed by atoms with Crippen LogP contribution in [0.5, 0.6) is 0 Å². The molecule has 0 saturated carbocycles. The minimum atomic E-state index is -0.364. The number of carbonyl (C=O) groups excluding carboxylic acids is 1. The average Bonchev–Trinajstić information content (AvgIpc) is 2.34. The third-order valence-corrected chi connectivity index (χ3v) is 2.41. The van der Waals surface area contributed by atoms with Gasteiger partial charge in [0.2, 0.25) is 5.91 Å². The first kappa shape index (κ1) is 9.15. The summed E-state index contributed by atoms with van der Waals surface area (Å²) in [5, 5.41) is 2.65. The molecule has 1 atom stereocenters. The van der Waals surface area contributed by atoms with Crippen LogP contribution in [0, 0.1) is 0 Å². The van der Waals surface area contributed by atoms with Gasteiger partial charge in [-0.05, 0) is 6.92 Å². The molecule has 1 heterocycles. The summed E-state index contributed by atoms with van der Waals surface area (Å²) in [6.07, 6.45) is 0.198. The standard InChI is InChI=1S/C7H11N3OS/c1-4(8)7-10-5(3-12-7)2-6(9)11/h3-4H,2,8H2,1H3,(H2,9,11). The predicted molar refractivity (Wildman–Crippen MR) is 47.6 cm³/mol. The van der Waals surface area contributed by atoms with Crippen LogP contribution < -0.4 is 11.5 Å². The Kier molecular flexibility index (Phi) is 2.78. The van der Waals surface area contributed by atoms with Gasteiger partial charge in [0.1, 0.15) is 5.01 Å². The van der Waals surface area contributed by atoms with Gasteiger partial charge in [0, 0.05) is 5.38 Å². The highest BCUT2D eigenvalue weighted by Gasteiger charge is 2.07. The summed E-state index contributed by atoms with van der Waals surface area (Å²) in [5.41, 5.74) is 11.3. The lowest BCUT2D eigenvalue weighted by Gasteiger charge is -1.96. The van der Waals surface area contributed by atoms with Crippen LogP contribution in [0.25, 0.3) is 0 Å². The monoisotopic (exact) mass is 185 g/mol. The number of nitrogens with zero attached hydrogens (tertiary/aromatic N) is 1. The van der Waals surface area contributed by atoms with E-state index in [1.165, 1.54) is 11.3 Å². The number of hydrogen-bond donors (Lipinski definition) is 2. The van der Waals surface area contributed by atoms with E-state index in [9.17, 15) is 4.79 Å². The number of hydrogen-bond acceptors (Lipinski definition) is 4. The highest BCUT2D eigenvalue weighted by atomic mass is 32.1. The van der Waals surface area contributed by atoms with Crippen molar-refractivity contribution in [1.82, 2.24) is 4.98 Å². The molecular weight excluding hydrogens is 174 g/mol. The van der Waals surface area contributed by atoms with E-state index in [0.717, 1.165) is 5.01 Å². The van der Waals surface area contributed by atoms with Gasteiger partial charge in [-0.1, -0.05) is 0 Å². The van der Waals surface area contributed by atoms with Gasteiger partial charge in [-0.15, -0.1) is 11.3 Å². The van der Waals surface area contributed by atoms with Gasteiger partial charge in [-0.2, -0.15) is 0 Å². The second-order valence-corrected chi connectivity index (χ2v) is 3.50.